The zero-order valence-corrected chi connectivity index (χ0v) is 30.5. The molecule has 0 aromatic heterocycles. The molecular formula is C47H32F6N2O2. The van der Waals surface area contributed by atoms with E-state index in [2.05, 4.69) is 9.80 Å². The van der Waals surface area contributed by atoms with Gasteiger partial charge in [-0.2, -0.15) is 26.3 Å². The number of hydrogen-bond acceptors (Lipinski definition) is 4. The number of fused-ring (bicyclic) bond motifs is 4. The molecule has 0 unspecified atom stereocenters. The van der Waals surface area contributed by atoms with E-state index in [1.807, 2.05) is 117 Å². The highest BCUT2D eigenvalue weighted by Crippen LogP contribution is 2.61. The lowest BCUT2D eigenvalue weighted by Crippen LogP contribution is -2.23. The third-order valence-corrected chi connectivity index (χ3v) is 10.2. The number of anilines is 6. The van der Waals surface area contributed by atoms with Crippen LogP contribution in [0, 0.1) is 0 Å². The van der Waals surface area contributed by atoms with Gasteiger partial charge in [0, 0.05) is 16.7 Å². The fourth-order valence-electron chi connectivity index (χ4n) is 7.72. The summed E-state index contributed by atoms with van der Waals surface area (Å²) in [4.78, 5) is 4.16. The van der Waals surface area contributed by atoms with E-state index in [9.17, 15) is 26.3 Å². The molecule has 0 atom stereocenters. The Morgan fingerprint density at radius 2 is 0.719 bits per heavy atom. The summed E-state index contributed by atoms with van der Waals surface area (Å²) in [6.07, 6.45) is -9.14. The van der Waals surface area contributed by atoms with Crippen molar-refractivity contribution in [1.29, 1.82) is 0 Å². The van der Waals surface area contributed by atoms with Crippen molar-refractivity contribution in [3.63, 3.8) is 0 Å². The van der Waals surface area contributed by atoms with Crippen LogP contribution in [0.4, 0.5) is 60.5 Å². The lowest BCUT2D eigenvalue weighted by molar-refractivity contribution is -0.138. The third kappa shape index (κ3) is 6.21. The van der Waals surface area contributed by atoms with E-state index in [0.29, 0.717) is 79.4 Å². The molecule has 4 nitrogen and oxygen atoms in total. The van der Waals surface area contributed by atoms with Crippen molar-refractivity contribution in [1.82, 2.24) is 0 Å². The van der Waals surface area contributed by atoms with E-state index >= 15 is 0 Å². The van der Waals surface area contributed by atoms with Gasteiger partial charge in [-0.1, -0.05) is 86.6 Å². The molecule has 0 saturated carbocycles. The second kappa shape index (κ2) is 13.5. The highest BCUT2D eigenvalue weighted by atomic mass is 19.4. The Morgan fingerprint density at radius 1 is 0.421 bits per heavy atom. The molecule has 2 heterocycles. The maximum Gasteiger partial charge on any atom is 0.416 e. The van der Waals surface area contributed by atoms with Crippen molar-refractivity contribution in [3.05, 3.63) is 168 Å². The number of ether oxygens (including phenoxy) is 2. The van der Waals surface area contributed by atoms with Crippen LogP contribution in [0.25, 0.3) is 22.3 Å². The Kier molecular flexibility index (Phi) is 8.53. The maximum absolute atomic E-state index is 14.0. The van der Waals surface area contributed by atoms with Gasteiger partial charge in [0.2, 0.25) is 0 Å². The normalized spacial score (nSPS) is 13.3. The van der Waals surface area contributed by atoms with E-state index in [-0.39, 0.29) is 5.92 Å². The van der Waals surface area contributed by atoms with Crippen molar-refractivity contribution < 1.29 is 35.8 Å². The largest absolute Gasteiger partial charge is 0.453 e. The van der Waals surface area contributed by atoms with Gasteiger partial charge in [0.25, 0.3) is 0 Å². The van der Waals surface area contributed by atoms with Gasteiger partial charge in [0.05, 0.1) is 45.3 Å². The Labute approximate surface area is 324 Å². The molecule has 9 rings (SSSR count). The van der Waals surface area contributed by atoms with Crippen LogP contribution >= 0.6 is 0 Å². The molecule has 0 fully saturated rings. The van der Waals surface area contributed by atoms with Crippen molar-refractivity contribution in [2.24, 2.45) is 0 Å². The Balaban J connectivity index is 1.46. The van der Waals surface area contributed by atoms with E-state index in [0.717, 1.165) is 29.8 Å². The first kappa shape index (κ1) is 36.0. The molecule has 0 aliphatic carbocycles. The summed E-state index contributed by atoms with van der Waals surface area (Å²) >= 11 is 0. The lowest BCUT2D eigenvalue weighted by atomic mass is 9.85. The van der Waals surface area contributed by atoms with Gasteiger partial charge in [-0.05, 0) is 95.9 Å². The van der Waals surface area contributed by atoms with Crippen LogP contribution in [0.5, 0.6) is 23.0 Å². The van der Waals surface area contributed by atoms with Crippen molar-refractivity contribution in [2.45, 2.75) is 32.1 Å². The average molecular weight is 771 g/mol. The molecule has 2 aliphatic heterocycles. The highest BCUT2D eigenvalue weighted by Gasteiger charge is 2.38. The minimum Gasteiger partial charge on any atom is -0.453 e. The first-order valence-electron chi connectivity index (χ1n) is 18.3. The first-order valence-corrected chi connectivity index (χ1v) is 18.3. The molecule has 7 aromatic carbocycles. The van der Waals surface area contributed by atoms with Gasteiger partial charge >= 0.3 is 12.4 Å². The maximum atomic E-state index is 14.0. The molecule has 0 radical (unpaired) electrons. The minimum absolute atomic E-state index is 0.276. The topological polar surface area (TPSA) is 24.9 Å². The second-order valence-electron chi connectivity index (χ2n) is 14.1. The molecule has 57 heavy (non-hydrogen) atoms. The molecule has 0 N–H and O–H groups in total. The standard InChI is InChI=1S/C47H32F6N2O2/c1-28(2)43-44(54-35-11-3-7-15-39(35)56-40-16-8-4-12-36(40)54)33(29-19-23-31(24-20-29)46(48,49)50)27-34(30-21-25-32(26-22-30)47(51,52)53)45(43)55-37-13-5-9-17-41(37)57-42-18-10-6-14-38(42)55/h3-28H,1-2H3. The summed E-state index contributed by atoms with van der Waals surface area (Å²) in [5.74, 6) is 2.00. The summed E-state index contributed by atoms with van der Waals surface area (Å²) in [6, 6.07) is 42.0. The minimum atomic E-state index is -4.57. The quantitative estimate of drug-likeness (QED) is 0.163. The SMILES string of the molecule is CC(C)c1c(N2c3ccccc3Oc3ccccc32)c(-c2ccc(C(F)(F)F)cc2)cc(-c2ccc(C(F)(F)F)cc2)c1N1c2ccccc2Oc2ccccc21. The molecule has 2 aliphatic rings. The van der Waals surface area contributed by atoms with Gasteiger partial charge in [-0.25, -0.2) is 0 Å². The Hall–Kier alpha value is -6.68. The molecular weight excluding hydrogens is 739 g/mol. The fourth-order valence-corrected chi connectivity index (χ4v) is 7.72. The summed E-state index contributed by atoms with van der Waals surface area (Å²) in [6.45, 7) is 4.07. The summed E-state index contributed by atoms with van der Waals surface area (Å²) in [7, 11) is 0. The molecule has 0 spiro atoms. The fraction of sp³-hybridized carbons (Fsp3) is 0.106. The predicted molar refractivity (Wildman–Crippen MR) is 211 cm³/mol. The number of hydrogen-bond donors (Lipinski definition) is 0. The predicted octanol–water partition coefficient (Wildman–Crippen LogP) is 15.3. The molecule has 0 bridgehead atoms. The monoisotopic (exact) mass is 770 g/mol. The average Bonchev–Trinajstić information content (AvgIpc) is 3.20. The van der Waals surface area contributed by atoms with Crippen molar-refractivity contribution >= 4 is 34.1 Å². The zero-order valence-electron chi connectivity index (χ0n) is 30.5. The summed E-state index contributed by atoms with van der Waals surface area (Å²) in [5.41, 5.74) is 5.36. The van der Waals surface area contributed by atoms with Crippen molar-refractivity contribution in [3.8, 4) is 45.3 Å². The van der Waals surface area contributed by atoms with Gasteiger partial charge < -0.3 is 19.3 Å². The van der Waals surface area contributed by atoms with E-state index < -0.39 is 23.5 Å². The highest BCUT2D eigenvalue weighted by molar-refractivity contribution is 6.04. The van der Waals surface area contributed by atoms with Crippen molar-refractivity contribution in [2.75, 3.05) is 9.80 Å². The van der Waals surface area contributed by atoms with Crippen LogP contribution in [0.15, 0.2) is 152 Å². The van der Waals surface area contributed by atoms with Gasteiger partial charge in [0.1, 0.15) is 0 Å². The molecule has 7 aromatic rings. The zero-order chi connectivity index (χ0) is 39.6. The first-order chi connectivity index (χ1) is 27.4. The Bertz CT molecular complexity index is 2380. The number of halogens is 6. The van der Waals surface area contributed by atoms with E-state index in [1.54, 1.807) is 0 Å². The van der Waals surface area contributed by atoms with Crippen LogP contribution in [0.3, 0.4) is 0 Å². The summed E-state index contributed by atoms with van der Waals surface area (Å²) in [5, 5.41) is 0. The molecule has 10 heteroatoms. The number of rotatable bonds is 5. The number of nitrogens with zero attached hydrogens (tertiary/aromatic N) is 2. The smallest absolute Gasteiger partial charge is 0.416 e. The van der Waals surface area contributed by atoms with Crippen LogP contribution in [0.2, 0.25) is 0 Å². The van der Waals surface area contributed by atoms with E-state index in [4.69, 9.17) is 9.47 Å². The summed E-state index contributed by atoms with van der Waals surface area (Å²) < 4.78 is 96.7. The van der Waals surface area contributed by atoms with Crippen LogP contribution in [-0.4, -0.2) is 0 Å². The second-order valence-corrected chi connectivity index (χ2v) is 14.1. The number of benzene rings is 7. The molecule has 284 valence electrons. The number of para-hydroxylation sites is 8. The van der Waals surface area contributed by atoms with Crippen LogP contribution in [-0.2, 0) is 12.4 Å². The van der Waals surface area contributed by atoms with Crippen LogP contribution < -0.4 is 19.3 Å². The van der Waals surface area contributed by atoms with Gasteiger partial charge in [-0.15, -0.1) is 0 Å². The molecule has 0 saturated heterocycles. The van der Waals surface area contributed by atoms with Gasteiger partial charge in [-0.3, -0.25) is 0 Å². The van der Waals surface area contributed by atoms with Crippen LogP contribution in [0.1, 0.15) is 36.5 Å². The van der Waals surface area contributed by atoms with E-state index in [1.165, 1.54) is 24.3 Å². The third-order valence-electron chi connectivity index (χ3n) is 10.2. The number of alkyl halides is 6. The molecule has 0 amide bonds. The Morgan fingerprint density at radius 3 is 1.00 bits per heavy atom. The lowest BCUT2D eigenvalue weighted by Gasteiger charge is -2.40. The van der Waals surface area contributed by atoms with Gasteiger partial charge in [0.15, 0.2) is 23.0 Å².